The normalized spacial score (nSPS) is 11.0. The van der Waals surface area contributed by atoms with Gasteiger partial charge in [0, 0.05) is 17.4 Å². The number of hydrogen-bond donors (Lipinski definition) is 3. The van der Waals surface area contributed by atoms with Crippen molar-refractivity contribution in [1.82, 2.24) is 10.2 Å². The number of carbonyl (C=O) groups is 1. The number of amides is 2. The molecule has 1 aromatic carbocycles. The maximum Gasteiger partial charge on any atom is 0.324 e. The van der Waals surface area contributed by atoms with E-state index >= 15 is 0 Å². The van der Waals surface area contributed by atoms with Gasteiger partial charge in [-0.3, -0.25) is 10.4 Å². The van der Waals surface area contributed by atoms with Gasteiger partial charge in [-0.05, 0) is 18.6 Å². The summed E-state index contributed by atoms with van der Waals surface area (Å²) in [6.45, 7) is 6.07. The van der Waals surface area contributed by atoms with Gasteiger partial charge >= 0.3 is 6.03 Å². The maximum atomic E-state index is 12.3. The lowest BCUT2D eigenvalue weighted by atomic mass is 9.88. The van der Waals surface area contributed by atoms with Gasteiger partial charge in [0.1, 0.15) is 5.82 Å². The van der Waals surface area contributed by atoms with Crippen LogP contribution < -0.4 is 10.6 Å². The van der Waals surface area contributed by atoms with Crippen LogP contribution in [-0.2, 0) is 11.8 Å². The van der Waals surface area contributed by atoms with Gasteiger partial charge in [-0.15, -0.1) is 0 Å². The highest BCUT2D eigenvalue weighted by Gasteiger charge is 2.24. The van der Waals surface area contributed by atoms with Gasteiger partial charge in [0.05, 0.1) is 27.5 Å². The number of H-pyrrole nitrogens is 1. The molecule has 0 fully saturated rings. The van der Waals surface area contributed by atoms with E-state index in [1.54, 1.807) is 18.2 Å². The molecule has 0 aliphatic heterocycles. The fourth-order valence-electron chi connectivity index (χ4n) is 2.38. The number of halogens is 2. The Hall–Kier alpha value is -2.23. The second kappa shape index (κ2) is 7.77. The highest BCUT2D eigenvalue weighted by atomic mass is 35.5. The smallest absolute Gasteiger partial charge is 0.306 e. The zero-order valence-electron chi connectivity index (χ0n) is 14.2. The number of hydrogen-bond acceptors (Lipinski definition) is 3. The van der Waals surface area contributed by atoms with E-state index in [4.69, 9.17) is 28.5 Å². The summed E-state index contributed by atoms with van der Waals surface area (Å²) in [6.07, 6.45) is 0.826. The van der Waals surface area contributed by atoms with Crippen molar-refractivity contribution in [3.63, 3.8) is 0 Å². The van der Waals surface area contributed by atoms with E-state index in [1.165, 1.54) is 0 Å². The zero-order valence-corrected chi connectivity index (χ0v) is 15.7. The van der Waals surface area contributed by atoms with Gasteiger partial charge in [-0.2, -0.15) is 10.4 Å². The third kappa shape index (κ3) is 4.65. The standard InChI is InChI=1S/C17H19Cl2N5O/c1-17(2,3)14-10(6-5-9-20)15(24-23-14)22-16(25)21-12-8-4-7-11(18)13(12)19/h4,7-8H,5-6H2,1-3H3,(H3,21,22,23,24,25). The van der Waals surface area contributed by atoms with E-state index in [0.29, 0.717) is 29.4 Å². The molecule has 2 rings (SSSR count). The molecule has 0 saturated heterocycles. The molecule has 25 heavy (non-hydrogen) atoms. The molecule has 1 aromatic heterocycles. The Morgan fingerprint density at radius 3 is 2.68 bits per heavy atom. The van der Waals surface area contributed by atoms with Gasteiger partial charge < -0.3 is 5.32 Å². The summed E-state index contributed by atoms with van der Waals surface area (Å²) >= 11 is 12.0. The molecule has 0 saturated carbocycles. The Morgan fingerprint density at radius 2 is 2.04 bits per heavy atom. The zero-order chi connectivity index (χ0) is 18.6. The minimum absolute atomic E-state index is 0.214. The van der Waals surface area contributed by atoms with E-state index in [2.05, 4.69) is 26.9 Å². The molecule has 8 heteroatoms. The van der Waals surface area contributed by atoms with Gasteiger partial charge in [-0.25, -0.2) is 4.79 Å². The average Bonchev–Trinajstić information content (AvgIpc) is 2.92. The molecule has 0 spiro atoms. The summed E-state index contributed by atoms with van der Waals surface area (Å²) in [5.41, 5.74) is 1.83. The number of aromatic amines is 1. The van der Waals surface area contributed by atoms with Crippen LogP contribution in [-0.4, -0.2) is 16.2 Å². The lowest BCUT2D eigenvalue weighted by molar-refractivity contribution is 0.262. The number of nitriles is 1. The first-order chi connectivity index (χ1) is 11.7. The van der Waals surface area contributed by atoms with E-state index in [9.17, 15) is 4.79 Å². The minimum Gasteiger partial charge on any atom is -0.306 e. The van der Waals surface area contributed by atoms with Gasteiger partial charge in [0.15, 0.2) is 0 Å². The Morgan fingerprint density at radius 1 is 1.32 bits per heavy atom. The molecule has 6 nitrogen and oxygen atoms in total. The first-order valence-corrected chi connectivity index (χ1v) is 8.46. The number of urea groups is 1. The van der Waals surface area contributed by atoms with Crippen molar-refractivity contribution in [3.05, 3.63) is 39.5 Å². The summed E-state index contributed by atoms with van der Waals surface area (Å²) in [6, 6.07) is 6.61. The van der Waals surface area contributed by atoms with E-state index < -0.39 is 6.03 Å². The van der Waals surface area contributed by atoms with Crippen molar-refractivity contribution in [1.29, 1.82) is 5.26 Å². The molecule has 0 bridgehead atoms. The molecular formula is C17H19Cl2N5O. The van der Waals surface area contributed by atoms with Crippen LogP contribution in [0.15, 0.2) is 18.2 Å². The predicted molar refractivity (Wildman–Crippen MR) is 100 cm³/mol. The second-order valence-corrected chi connectivity index (χ2v) is 7.30. The van der Waals surface area contributed by atoms with Crippen molar-refractivity contribution in [2.24, 2.45) is 0 Å². The lowest BCUT2D eigenvalue weighted by Gasteiger charge is -2.17. The van der Waals surface area contributed by atoms with E-state index in [1.807, 2.05) is 20.8 Å². The largest absolute Gasteiger partial charge is 0.324 e. The highest BCUT2D eigenvalue weighted by molar-refractivity contribution is 6.44. The van der Waals surface area contributed by atoms with Crippen LogP contribution in [0, 0.1) is 11.3 Å². The molecule has 1 heterocycles. The number of aromatic nitrogens is 2. The third-order valence-electron chi connectivity index (χ3n) is 3.50. The summed E-state index contributed by atoms with van der Waals surface area (Å²) in [5.74, 6) is 0.468. The molecular weight excluding hydrogens is 361 g/mol. The molecule has 0 radical (unpaired) electrons. The number of benzene rings is 1. The SMILES string of the molecule is CC(C)(C)c1n[nH]c(NC(=O)Nc2cccc(Cl)c2Cl)c1CCC#N. The monoisotopic (exact) mass is 379 g/mol. The molecule has 3 N–H and O–H groups in total. The number of rotatable bonds is 4. The highest BCUT2D eigenvalue weighted by Crippen LogP contribution is 2.31. The molecule has 2 amide bonds. The van der Waals surface area contributed by atoms with Gasteiger partial charge in [0.2, 0.25) is 0 Å². The van der Waals surface area contributed by atoms with Crippen LogP contribution in [0.3, 0.4) is 0 Å². The molecule has 132 valence electrons. The van der Waals surface area contributed by atoms with E-state index in [-0.39, 0.29) is 10.4 Å². The van der Waals surface area contributed by atoms with Gasteiger partial charge in [0.25, 0.3) is 0 Å². The number of anilines is 2. The van der Waals surface area contributed by atoms with Gasteiger partial charge in [-0.1, -0.05) is 50.0 Å². The molecule has 0 unspecified atom stereocenters. The average molecular weight is 380 g/mol. The Bertz CT molecular complexity index is 817. The van der Waals surface area contributed by atoms with Crippen molar-refractivity contribution in [2.75, 3.05) is 10.6 Å². The third-order valence-corrected chi connectivity index (χ3v) is 4.32. The summed E-state index contributed by atoms with van der Waals surface area (Å²) < 4.78 is 0. The maximum absolute atomic E-state index is 12.3. The van der Waals surface area contributed by atoms with Crippen molar-refractivity contribution in [2.45, 2.75) is 39.0 Å². The topological polar surface area (TPSA) is 93.6 Å². The Labute approximate surface area is 156 Å². The predicted octanol–water partition coefficient (Wildman–Crippen LogP) is 5.11. The van der Waals surface area contributed by atoms with Crippen LogP contribution in [0.25, 0.3) is 0 Å². The Balaban J connectivity index is 2.21. The summed E-state index contributed by atoms with van der Waals surface area (Å²) in [5, 5.41) is 22.0. The molecule has 2 aromatic rings. The van der Waals surface area contributed by atoms with Crippen LogP contribution in [0.5, 0.6) is 0 Å². The van der Waals surface area contributed by atoms with Crippen molar-refractivity contribution in [3.8, 4) is 6.07 Å². The summed E-state index contributed by atoms with van der Waals surface area (Å²) in [7, 11) is 0. The van der Waals surface area contributed by atoms with Crippen LogP contribution in [0.4, 0.5) is 16.3 Å². The second-order valence-electron chi connectivity index (χ2n) is 6.51. The van der Waals surface area contributed by atoms with Crippen molar-refractivity contribution < 1.29 is 4.79 Å². The Kier molecular flexibility index (Phi) is 5.93. The molecule has 0 aliphatic carbocycles. The lowest BCUT2D eigenvalue weighted by Crippen LogP contribution is -2.21. The number of carbonyl (C=O) groups excluding carboxylic acids is 1. The fourth-order valence-corrected chi connectivity index (χ4v) is 2.73. The van der Waals surface area contributed by atoms with Crippen LogP contribution in [0.2, 0.25) is 10.0 Å². The van der Waals surface area contributed by atoms with Crippen molar-refractivity contribution >= 4 is 40.7 Å². The minimum atomic E-state index is -0.480. The quantitative estimate of drug-likeness (QED) is 0.688. The summed E-state index contributed by atoms with van der Waals surface area (Å²) in [4.78, 5) is 12.3. The number of nitrogens with zero attached hydrogens (tertiary/aromatic N) is 2. The number of nitrogens with one attached hydrogen (secondary N) is 3. The fraction of sp³-hybridized carbons (Fsp3) is 0.353. The first kappa shape index (κ1) is 19.1. The van der Waals surface area contributed by atoms with Crippen LogP contribution in [0.1, 0.15) is 38.4 Å². The van der Waals surface area contributed by atoms with Crippen LogP contribution >= 0.6 is 23.2 Å². The molecule has 0 aliphatic rings. The van der Waals surface area contributed by atoms with E-state index in [0.717, 1.165) is 11.3 Å². The first-order valence-electron chi connectivity index (χ1n) is 7.70. The molecule has 0 atom stereocenters.